The normalized spacial score (nSPS) is 13.1. The average molecular weight is 280 g/mol. The van der Waals surface area contributed by atoms with Crippen LogP contribution in [-0.2, 0) is 0 Å². The van der Waals surface area contributed by atoms with Crippen LogP contribution >= 0.6 is 12.4 Å². The third-order valence-corrected chi connectivity index (χ3v) is 1.87. The molecule has 17 heavy (non-hydrogen) atoms. The fourth-order valence-electron chi connectivity index (χ4n) is 1.26. The zero-order valence-corrected chi connectivity index (χ0v) is 9.01. The number of alkyl halides is 3. The molecule has 0 fully saturated rings. The summed E-state index contributed by atoms with van der Waals surface area (Å²) in [4.78, 5) is 0. The van der Waals surface area contributed by atoms with Crippen LogP contribution in [0.3, 0.4) is 0 Å². The molecule has 0 aliphatic carbocycles. The molecule has 0 unspecified atom stereocenters. The maximum absolute atomic E-state index is 13.0. The average Bonchev–Trinajstić information content (AvgIpc) is 1.96. The maximum atomic E-state index is 13.0. The van der Waals surface area contributed by atoms with Crippen molar-refractivity contribution in [2.45, 2.75) is 18.6 Å². The van der Waals surface area contributed by atoms with Crippen LogP contribution < -0.4 is 5.73 Å². The van der Waals surface area contributed by atoms with Crippen molar-refractivity contribution in [3.8, 4) is 0 Å². The van der Waals surface area contributed by atoms with E-state index in [1.807, 2.05) is 0 Å². The number of hydrogen-bond donors (Lipinski definition) is 1. The first kappa shape index (κ1) is 16.1. The van der Waals surface area contributed by atoms with Crippen LogP contribution in [0.25, 0.3) is 0 Å². The van der Waals surface area contributed by atoms with Crippen molar-refractivity contribution in [3.05, 3.63) is 35.1 Å². The quantitative estimate of drug-likeness (QED) is 0.824. The molecule has 1 nitrogen and oxygen atoms in total. The summed E-state index contributed by atoms with van der Waals surface area (Å²) in [7, 11) is 0. The van der Waals surface area contributed by atoms with Gasteiger partial charge < -0.3 is 5.73 Å². The fraction of sp³-hybridized carbons (Fsp3) is 0.333. The summed E-state index contributed by atoms with van der Waals surface area (Å²) >= 11 is 0. The summed E-state index contributed by atoms with van der Waals surface area (Å²) in [6.07, 6.45) is -6.22. The highest BCUT2D eigenvalue weighted by Gasteiger charge is 2.33. The Labute approximate surface area is 99.0 Å². The molecule has 1 aromatic rings. The van der Waals surface area contributed by atoms with Crippen molar-refractivity contribution in [2.75, 3.05) is 0 Å². The van der Waals surface area contributed by atoms with E-state index in [0.717, 1.165) is 0 Å². The van der Waals surface area contributed by atoms with Gasteiger partial charge in [0.15, 0.2) is 0 Å². The summed E-state index contributed by atoms with van der Waals surface area (Å²) in [5.41, 5.74) is 4.05. The first-order valence-electron chi connectivity index (χ1n) is 4.17. The van der Waals surface area contributed by atoms with Gasteiger partial charge in [-0.25, -0.2) is 13.2 Å². The molecular formula is C9H8ClF6N. The van der Waals surface area contributed by atoms with Gasteiger partial charge in [0.05, 0.1) is 6.42 Å². The highest BCUT2D eigenvalue weighted by molar-refractivity contribution is 5.85. The first-order chi connectivity index (χ1) is 7.20. The Balaban J connectivity index is 0.00000256. The summed E-state index contributed by atoms with van der Waals surface area (Å²) in [5.74, 6) is -4.05. The van der Waals surface area contributed by atoms with Gasteiger partial charge in [0.25, 0.3) is 0 Å². The molecule has 1 aromatic carbocycles. The predicted molar refractivity (Wildman–Crippen MR) is 51.2 cm³/mol. The van der Waals surface area contributed by atoms with E-state index in [4.69, 9.17) is 5.73 Å². The van der Waals surface area contributed by atoms with E-state index < -0.39 is 41.7 Å². The van der Waals surface area contributed by atoms with Gasteiger partial charge >= 0.3 is 6.18 Å². The van der Waals surface area contributed by atoms with E-state index >= 15 is 0 Å². The van der Waals surface area contributed by atoms with E-state index in [2.05, 4.69) is 0 Å². The van der Waals surface area contributed by atoms with Crippen LogP contribution in [0, 0.1) is 17.5 Å². The molecule has 2 N–H and O–H groups in total. The van der Waals surface area contributed by atoms with E-state index in [1.54, 1.807) is 0 Å². The van der Waals surface area contributed by atoms with Gasteiger partial charge in [0, 0.05) is 23.7 Å². The monoisotopic (exact) mass is 279 g/mol. The molecular weight excluding hydrogens is 272 g/mol. The number of nitrogens with two attached hydrogens (primary N) is 1. The lowest BCUT2D eigenvalue weighted by Gasteiger charge is -2.15. The molecule has 1 rings (SSSR count). The van der Waals surface area contributed by atoms with Gasteiger partial charge in [0.1, 0.15) is 17.5 Å². The lowest BCUT2D eigenvalue weighted by molar-refractivity contribution is -0.138. The standard InChI is InChI=1S/C9H7F6N.ClH/c10-4-1-5(11)8(6(12)2-4)7(16)3-9(13,14)15;/h1-2,7H,3,16H2;1H/t7-;/m0./s1. The molecule has 8 heteroatoms. The van der Waals surface area contributed by atoms with Crippen LogP contribution in [-0.4, -0.2) is 6.18 Å². The van der Waals surface area contributed by atoms with Crippen molar-refractivity contribution >= 4 is 12.4 Å². The SMILES string of the molecule is Cl.N[C@@H](CC(F)(F)F)c1c(F)cc(F)cc1F. The second-order valence-corrected chi connectivity index (χ2v) is 3.21. The Bertz CT molecular complexity index is 369. The Kier molecular flexibility index (Phi) is 5.28. The van der Waals surface area contributed by atoms with Crippen LogP contribution in [0.15, 0.2) is 12.1 Å². The maximum Gasteiger partial charge on any atom is 0.390 e. The predicted octanol–water partition coefficient (Wildman–Crippen LogP) is 3.48. The number of halogens is 7. The Hall–Kier alpha value is -0.950. The van der Waals surface area contributed by atoms with E-state index in [-0.39, 0.29) is 24.5 Å². The number of rotatable bonds is 2. The molecule has 0 aliphatic rings. The third-order valence-electron chi connectivity index (χ3n) is 1.87. The topological polar surface area (TPSA) is 26.0 Å². The molecule has 0 amide bonds. The van der Waals surface area contributed by atoms with Crippen LogP contribution in [0.1, 0.15) is 18.0 Å². The Morgan fingerprint density at radius 1 is 1.06 bits per heavy atom. The van der Waals surface area contributed by atoms with Crippen molar-refractivity contribution < 1.29 is 26.3 Å². The Morgan fingerprint density at radius 2 is 1.47 bits per heavy atom. The summed E-state index contributed by atoms with van der Waals surface area (Å²) in [6.45, 7) is 0. The summed E-state index contributed by atoms with van der Waals surface area (Å²) < 4.78 is 74.3. The van der Waals surface area contributed by atoms with Gasteiger partial charge in [-0.15, -0.1) is 12.4 Å². The van der Waals surface area contributed by atoms with Crippen LogP contribution in [0.5, 0.6) is 0 Å². The van der Waals surface area contributed by atoms with Crippen molar-refractivity contribution in [1.29, 1.82) is 0 Å². The van der Waals surface area contributed by atoms with Gasteiger partial charge in [-0.3, -0.25) is 0 Å². The largest absolute Gasteiger partial charge is 0.390 e. The molecule has 0 heterocycles. The molecule has 1 atom stereocenters. The zero-order chi connectivity index (χ0) is 12.5. The lowest BCUT2D eigenvalue weighted by atomic mass is 10.0. The van der Waals surface area contributed by atoms with Crippen molar-refractivity contribution in [2.24, 2.45) is 5.73 Å². The van der Waals surface area contributed by atoms with E-state index in [9.17, 15) is 26.3 Å². The number of hydrogen-bond acceptors (Lipinski definition) is 1. The lowest BCUT2D eigenvalue weighted by Crippen LogP contribution is -2.22. The molecule has 0 aromatic heterocycles. The molecule has 0 bridgehead atoms. The van der Waals surface area contributed by atoms with Crippen molar-refractivity contribution in [3.63, 3.8) is 0 Å². The Morgan fingerprint density at radius 3 is 1.82 bits per heavy atom. The second-order valence-electron chi connectivity index (χ2n) is 3.21. The molecule has 0 spiro atoms. The first-order valence-corrected chi connectivity index (χ1v) is 4.17. The van der Waals surface area contributed by atoms with Gasteiger partial charge in [-0.05, 0) is 0 Å². The minimum atomic E-state index is -4.65. The fourth-order valence-corrected chi connectivity index (χ4v) is 1.26. The smallest absolute Gasteiger partial charge is 0.323 e. The van der Waals surface area contributed by atoms with E-state index in [0.29, 0.717) is 0 Å². The van der Waals surface area contributed by atoms with Gasteiger partial charge in [-0.2, -0.15) is 13.2 Å². The molecule has 0 aliphatic heterocycles. The summed E-state index contributed by atoms with van der Waals surface area (Å²) in [5, 5.41) is 0. The highest BCUT2D eigenvalue weighted by Crippen LogP contribution is 2.30. The molecule has 0 saturated heterocycles. The minimum Gasteiger partial charge on any atom is -0.323 e. The highest BCUT2D eigenvalue weighted by atomic mass is 35.5. The van der Waals surface area contributed by atoms with Gasteiger partial charge in [0.2, 0.25) is 0 Å². The zero-order valence-electron chi connectivity index (χ0n) is 8.19. The molecule has 0 saturated carbocycles. The van der Waals surface area contributed by atoms with E-state index in [1.165, 1.54) is 0 Å². The molecule has 98 valence electrons. The minimum absolute atomic E-state index is 0. The van der Waals surface area contributed by atoms with Crippen molar-refractivity contribution in [1.82, 2.24) is 0 Å². The third kappa shape index (κ3) is 4.43. The van der Waals surface area contributed by atoms with Crippen LogP contribution in [0.4, 0.5) is 26.3 Å². The molecule has 0 radical (unpaired) electrons. The van der Waals surface area contributed by atoms with Crippen LogP contribution in [0.2, 0.25) is 0 Å². The second kappa shape index (κ2) is 5.59. The summed E-state index contributed by atoms with van der Waals surface area (Å²) in [6, 6.07) is -1.32. The number of benzene rings is 1. The van der Waals surface area contributed by atoms with Gasteiger partial charge in [-0.1, -0.05) is 0 Å².